The highest BCUT2D eigenvalue weighted by Gasteiger charge is 2.45. The Morgan fingerprint density at radius 3 is 2.58 bits per heavy atom. The van der Waals surface area contributed by atoms with Crippen LogP contribution in [0.4, 0.5) is 5.69 Å². The first-order valence-electron chi connectivity index (χ1n) is 9.17. The number of nitro benzene ring substituents is 1. The van der Waals surface area contributed by atoms with E-state index in [1.54, 1.807) is 18.2 Å². The minimum absolute atomic E-state index is 0.0382. The Morgan fingerprint density at radius 1 is 1.08 bits per heavy atom. The third-order valence-corrected chi connectivity index (χ3v) is 5.79. The van der Waals surface area contributed by atoms with Crippen molar-refractivity contribution < 1.29 is 9.72 Å². The van der Waals surface area contributed by atoms with Gasteiger partial charge >= 0.3 is 0 Å². The Morgan fingerprint density at radius 2 is 1.81 bits per heavy atom. The molecule has 0 spiro atoms. The number of hydrogen-bond acceptors (Lipinski definition) is 4. The zero-order valence-corrected chi connectivity index (χ0v) is 14.6. The van der Waals surface area contributed by atoms with Crippen molar-refractivity contribution in [3.8, 4) is 0 Å². The van der Waals surface area contributed by atoms with Gasteiger partial charge in [-0.1, -0.05) is 48.5 Å². The van der Waals surface area contributed by atoms with Gasteiger partial charge in [-0.3, -0.25) is 19.8 Å². The summed E-state index contributed by atoms with van der Waals surface area (Å²) < 4.78 is 0. The molecule has 1 aliphatic heterocycles. The van der Waals surface area contributed by atoms with Crippen LogP contribution in [0.5, 0.6) is 0 Å². The minimum Gasteiger partial charge on any atom is -0.299 e. The Bertz CT molecular complexity index is 821. The van der Waals surface area contributed by atoms with Gasteiger partial charge in [-0.05, 0) is 30.9 Å². The number of Topliss-reactive ketones (excluding diaryl/α,β-unsaturated/α-hetero) is 1. The molecule has 134 valence electrons. The first kappa shape index (κ1) is 16.9. The number of hydrogen-bond donors (Lipinski definition) is 0. The molecule has 2 aliphatic rings. The van der Waals surface area contributed by atoms with Gasteiger partial charge in [-0.15, -0.1) is 0 Å². The summed E-state index contributed by atoms with van der Waals surface area (Å²) in [6, 6.07) is 17.0. The lowest BCUT2D eigenvalue weighted by molar-refractivity contribution is -0.385. The van der Waals surface area contributed by atoms with Crippen molar-refractivity contribution >= 4 is 11.5 Å². The highest BCUT2D eigenvalue weighted by Crippen LogP contribution is 2.43. The van der Waals surface area contributed by atoms with Crippen molar-refractivity contribution in [1.29, 1.82) is 0 Å². The van der Waals surface area contributed by atoms with Crippen molar-refractivity contribution in [2.45, 2.75) is 37.8 Å². The van der Waals surface area contributed by atoms with E-state index in [0.29, 0.717) is 17.9 Å². The quantitative estimate of drug-likeness (QED) is 0.619. The number of benzene rings is 2. The topological polar surface area (TPSA) is 63.5 Å². The van der Waals surface area contributed by atoms with Crippen molar-refractivity contribution in [3.63, 3.8) is 0 Å². The third kappa shape index (κ3) is 3.15. The molecule has 26 heavy (non-hydrogen) atoms. The Hall–Kier alpha value is -2.53. The third-order valence-electron chi connectivity index (χ3n) is 5.79. The summed E-state index contributed by atoms with van der Waals surface area (Å²) in [4.78, 5) is 26.4. The van der Waals surface area contributed by atoms with E-state index in [4.69, 9.17) is 0 Å². The van der Waals surface area contributed by atoms with E-state index < -0.39 is 5.92 Å². The normalized spacial score (nSPS) is 25.8. The van der Waals surface area contributed by atoms with Crippen molar-refractivity contribution in [1.82, 2.24) is 4.90 Å². The van der Waals surface area contributed by atoms with Crippen LogP contribution in [-0.4, -0.2) is 28.2 Å². The predicted octanol–water partition coefficient (Wildman–Crippen LogP) is 3.93. The molecule has 1 saturated carbocycles. The summed E-state index contributed by atoms with van der Waals surface area (Å²) >= 11 is 0. The molecule has 5 heteroatoms. The second kappa shape index (κ2) is 7.00. The van der Waals surface area contributed by atoms with Crippen LogP contribution in [0.3, 0.4) is 0 Å². The smallest absolute Gasteiger partial charge is 0.273 e. The van der Waals surface area contributed by atoms with Gasteiger partial charge in [-0.2, -0.15) is 0 Å². The minimum atomic E-state index is -0.406. The second-order valence-corrected chi connectivity index (χ2v) is 7.38. The number of ketones is 1. The SMILES string of the molecule is O=C1C[C@@H]2CCN(Cc3ccccc3)[C@@H](C2)C1c1ccccc1[N+](=O)[O-]. The van der Waals surface area contributed by atoms with E-state index in [9.17, 15) is 14.9 Å². The maximum atomic E-state index is 12.9. The highest BCUT2D eigenvalue weighted by molar-refractivity contribution is 5.89. The van der Waals surface area contributed by atoms with Crippen molar-refractivity contribution in [2.24, 2.45) is 5.92 Å². The molecule has 2 bridgehead atoms. The van der Waals surface area contributed by atoms with Gasteiger partial charge in [0.25, 0.3) is 5.69 Å². The van der Waals surface area contributed by atoms with E-state index in [-0.39, 0.29) is 22.4 Å². The molecule has 0 radical (unpaired) electrons. The van der Waals surface area contributed by atoms with Gasteiger partial charge < -0.3 is 0 Å². The number of rotatable bonds is 4. The lowest BCUT2D eigenvalue weighted by Gasteiger charge is -2.46. The zero-order chi connectivity index (χ0) is 18.1. The molecule has 0 N–H and O–H groups in total. The Labute approximate surface area is 152 Å². The number of para-hydroxylation sites is 1. The van der Waals surface area contributed by atoms with Gasteiger partial charge in [0.05, 0.1) is 10.8 Å². The van der Waals surface area contributed by atoms with Crippen molar-refractivity contribution in [3.05, 3.63) is 75.8 Å². The second-order valence-electron chi connectivity index (χ2n) is 7.38. The van der Waals surface area contributed by atoms with Gasteiger partial charge in [0.1, 0.15) is 5.78 Å². The maximum absolute atomic E-state index is 12.9. The van der Waals surface area contributed by atoms with E-state index in [1.165, 1.54) is 11.6 Å². The van der Waals surface area contributed by atoms with Gasteiger partial charge in [0.15, 0.2) is 0 Å². The van der Waals surface area contributed by atoms with Crippen LogP contribution < -0.4 is 0 Å². The fraction of sp³-hybridized carbons (Fsp3) is 0.381. The molecular weight excluding hydrogens is 328 g/mol. The first-order chi connectivity index (χ1) is 12.6. The van der Waals surface area contributed by atoms with Crippen LogP contribution in [0.1, 0.15) is 36.3 Å². The van der Waals surface area contributed by atoms with Gasteiger partial charge in [0.2, 0.25) is 0 Å². The first-order valence-corrected chi connectivity index (χ1v) is 9.17. The monoisotopic (exact) mass is 350 g/mol. The molecule has 3 atom stereocenters. The summed E-state index contributed by atoms with van der Waals surface area (Å²) in [5.74, 6) is 0.161. The van der Waals surface area contributed by atoms with E-state index in [0.717, 1.165) is 25.9 Å². The van der Waals surface area contributed by atoms with Crippen LogP contribution in [0.2, 0.25) is 0 Å². The van der Waals surface area contributed by atoms with Crippen molar-refractivity contribution in [2.75, 3.05) is 6.54 Å². The van der Waals surface area contributed by atoms with Crippen LogP contribution in [0, 0.1) is 16.0 Å². The summed E-state index contributed by atoms with van der Waals surface area (Å²) in [6.45, 7) is 1.72. The van der Waals surface area contributed by atoms with Crippen LogP contribution in [-0.2, 0) is 11.3 Å². The van der Waals surface area contributed by atoms with Crippen LogP contribution in [0.15, 0.2) is 54.6 Å². The molecular formula is C21H22N2O3. The molecule has 1 unspecified atom stereocenters. The average molecular weight is 350 g/mol. The molecule has 4 rings (SSSR count). The molecule has 5 nitrogen and oxygen atoms in total. The highest BCUT2D eigenvalue weighted by atomic mass is 16.6. The maximum Gasteiger partial charge on any atom is 0.273 e. The Kier molecular flexibility index (Phi) is 4.55. The molecule has 0 aromatic heterocycles. The molecule has 2 fully saturated rings. The number of likely N-dealkylation sites (tertiary alicyclic amines) is 1. The van der Waals surface area contributed by atoms with Crippen LogP contribution in [0.25, 0.3) is 0 Å². The number of piperidine rings is 1. The summed E-state index contributed by atoms with van der Waals surface area (Å²) in [7, 11) is 0. The summed E-state index contributed by atoms with van der Waals surface area (Å²) in [5, 5.41) is 11.5. The zero-order valence-electron chi connectivity index (χ0n) is 14.6. The average Bonchev–Trinajstić information content (AvgIpc) is 2.65. The van der Waals surface area contributed by atoms with Gasteiger partial charge in [-0.25, -0.2) is 0 Å². The lowest BCUT2D eigenvalue weighted by atomic mass is 9.70. The molecule has 1 saturated heterocycles. The van der Waals surface area contributed by atoms with E-state index in [1.807, 2.05) is 18.2 Å². The summed E-state index contributed by atoms with van der Waals surface area (Å²) in [6.07, 6.45) is 2.51. The number of fused-ring (bicyclic) bond motifs is 2. The number of carbonyl (C=O) groups is 1. The van der Waals surface area contributed by atoms with Gasteiger partial charge in [0, 0.05) is 30.6 Å². The number of nitrogens with zero attached hydrogens (tertiary/aromatic N) is 2. The molecule has 1 heterocycles. The number of carbonyl (C=O) groups excluding carboxylic acids is 1. The standard InChI is InChI=1S/C21H22N2O3/c24-20-13-16-10-11-22(14-15-6-2-1-3-7-15)19(12-16)21(20)17-8-4-5-9-18(17)23(25)26/h1-9,16,19,21H,10-14H2/t16-,19+,21?/m1/s1. The fourth-order valence-electron chi connectivity index (χ4n) is 4.59. The molecule has 0 amide bonds. The number of nitro groups is 1. The summed E-state index contributed by atoms with van der Waals surface area (Å²) in [5.41, 5.74) is 1.85. The largest absolute Gasteiger partial charge is 0.299 e. The molecule has 2 aromatic rings. The van der Waals surface area contributed by atoms with Crippen LogP contribution >= 0.6 is 0 Å². The Balaban J connectivity index is 1.69. The predicted molar refractivity (Wildman–Crippen MR) is 98.8 cm³/mol. The fourth-order valence-corrected chi connectivity index (χ4v) is 4.59. The van der Waals surface area contributed by atoms with E-state index >= 15 is 0 Å². The molecule has 2 aromatic carbocycles. The van der Waals surface area contributed by atoms with E-state index in [2.05, 4.69) is 17.0 Å². The lowest BCUT2D eigenvalue weighted by Crippen LogP contribution is -2.51. The molecule has 1 aliphatic carbocycles.